The summed E-state index contributed by atoms with van der Waals surface area (Å²) in [5, 5.41) is 0. The highest BCUT2D eigenvalue weighted by Crippen LogP contribution is 2.39. The van der Waals surface area contributed by atoms with Crippen molar-refractivity contribution < 1.29 is 27.4 Å². The summed E-state index contributed by atoms with van der Waals surface area (Å²) in [6, 6.07) is 9.29. The molecule has 1 N–H and O–H groups in total. The second-order valence-corrected chi connectivity index (χ2v) is 9.62. The van der Waals surface area contributed by atoms with Crippen LogP contribution in [0.5, 0.6) is 17.2 Å². The molecule has 2 aromatic rings. The standard InChI is InChI=1S/C22H28N2O6S/c1-6-11-24-17-9-7-15(12-19(17)30-14-22(2,3)21(24)25)23-31(26,27)16-8-10-18(28-4)20(13-16)29-5/h7-10,12-13,23H,6,11,14H2,1-5H3. The van der Waals surface area contributed by atoms with E-state index in [1.165, 1.54) is 32.4 Å². The highest BCUT2D eigenvalue weighted by molar-refractivity contribution is 7.92. The Morgan fingerprint density at radius 1 is 1.10 bits per heavy atom. The van der Waals surface area contributed by atoms with E-state index in [0.717, 1.165) is 6.42 Å². The summed E-state index contributed by atoms with van der Waals surface area (Å²) in [5.41, 5.74) is 0.275. The highest BCUT2D eigenvalue weighted by Gasteiger charge is 2.37. The molecular formula is C22H28N2O6S. The van der Waals surface area contributed by atoms with Gasteiger partial charge in [-0.3, -0.25) is 9.52 Å². The topological polar surface area (TPSA) is 94.2 Å². The van der Waals surface area contributed by atoms with Gasteiger partial charge in [0.25, 0.3) is 10.0 Å². The van der Waals surface area contributed by atoms with E-state index in [9.17, 15) is 13.2 Å². The van der Waals surface area contributed by atoms with Crippen LogP contribution in [0.2, 0.25) is 0 Å². The summed E-state index contributed by atoms with van der Waals surface area (Å²) >= 11 is 0. The molecule has 9 heteroatoms. The monoisotopic (exact) mass is 448 g/mol. The van der Waals surface area contributed by atoms with Crippen LogP contribution in [0.25, 0.3) is 0 Å². The van der Waals surface area contributed by atoms with Crippen LogP contribution in [0.1, 0.15) is 27.2 Å². The molecule has 0 radical (unpaired) electrons. The molecule has 0 atom stereocenters. The average molecular weight is 449 g/mol. The lowest BCUT2D eigenvalue weighted by atomic mass is 9.93. The smallest absolute Gasteiger partial charge is 0.262 e. The molecule has 0 fully saturated rings. The van der Waals surface area contributed by atoms with Crippen molar-refractivity contribution in [2.75, 3.05) is 37.0 Å². The average Bonchev–Trinajstić information content (AvgIpc) is 2.83. The Hall–Kier alpha value is -2.94. The number of anilines is 2. The molecule has 3 rings (SSSR count). The van der Waals surface area contributed by atoms with Gasteiger partial charge in [0.2, 0.25) is 5.91 Å². The van der Waals surface area contributed by atoms with E-state index in [0.29, 0.717) is 35.2 Å². The van der Waals surface area contributed by atoms with Gasteiger partial charge in [-0.1, -0.05) is 6.92 Å². The first-order valence-corrected chi connectivity index (χ1v) is 11.4. The van der Waals surface area contributed by atoms with Crippen LogP contribution in [-0.2, 0) is 14.8 Å². The van der Waals surface area contributed by atoms with Crippen molar-refractivity contribution in [3.8, 4) is 17.2 Å². The Kier molecular flexibility index (Phi) is 6.35. The highest BCUT2D eigenvalue weighted by atomic mass is 32.2. The molecule has 0 saturated carbocycles. The Morgan fingerprint density at radius 2 is 1.81 bits per heavy atom. The number of rotatable bonds is 7. The first kappa shape index (κ1) is 22.7. The number of fused-ring (bicyclic) bond motifs is 1. The molecular weight excluding hydrogens is 420 g/mol. The van der Waals surface area contributed by atoms with Gasteiger partial charge in [0.1, 0.15) is 12.4 Å². The summed E-state index contributed by atoms with van der Waals surface area (Å²) in [7, 11) is -0.965. The van der Waals surface area contributed by atoms with Gasteiger partial charge in [0.15, 0.2) is 11.5 Å². The van der Waals surface area contributed by atoms with Crippen LogP contribution in [-0.4, -0.2) is 41.7 Å². The normalized spacial score (nSPS) is 15.5. The van der Waals surface area contributed by atoms with Gasteiger partial charge in [-0.2, -0.15) is 0 Å². The molecule has 31 heavy (non-hydrogen) atoms. The van der Waals surface area contributed by atoms with Crippen molar-refractivity contribution in [1.82, 2.24) is 0 Å². The van der Waals surface area contributed by atoms with Crippen molar-refractivity contribution >= 4 is 27.3 Å². The van der Waals surface area contributed by atoms with Crippen molar-refractivity contribution in [3.63, 3.8) is 0 Å². The number of carbonyl (C=O) groups excluding carboxylic acids is 1. The molecule has 1 heterocycles. The van der Waals surface area contributed by atoms with E-state index in [-0.39, 0.29) is 17.4 Å². The summed E-state index contributed by atoms with van der Waals surface area (Å²) in [5.74, 6) is 1.18. The summed E-state index contributed by atoms with van der Waals surface area (Å²) < 4.78 is 44.7. The van der Waals surface area contributed by atoms with E-state index in [1.807, 2.05) is 20.8 Å². The molecule has 1 amide bonds. The molecule has 0 spiro atoms. The number of carbonyl (C=O) groups is 1. The van der Waals surface area contributed by atoms with Crippen LogP contribution in [0.4, 0.5) is 11.4 Å². The fourth-order valence-corrected chi connectivity index (χ4v) is 4.42. The molecule has 0 bridgehead atoms. The summed E-state index contributed by atoms with van der Waals surface area (Å²) in [4.78, 5) is 14.7. The molecule has 2 aromatic carbocycles. The number of ether oxygens (including phenoxy) is 3. The second-order valence-electron chi connectivity index (χ2n) is 7.93. The molecule has 0 unspecified atom stereocenters. The fourth-order valence-electron chi connectivity index (χ4n) is 3.35. The van der Waals surface area contributed by atoms with Gasteiger partial charge in [0, 0.05) is 18.7 Å². The number of sulfonamides is 1. The lowest BCUT2D eigenvalue weighted by Crippen LogP contribution is -2.42. The minimum Gasteiger partial charge on any atom is -0.493 e. The first-order valence-electron chi connectivity index (χ1n) is 9.96. The Labute approximate surface area is 183 Å². The lowest BCUT2D eigenvalue weighted by Gasteiger charge is -2.27. The zero-order valence-corrected chi connectivity index (χ0v) is 19.2. The third-order valence-electron chi connectivity index (χ3n) is 5.03. The Morgan fingerprint density at radius 3 is 2.45 bits per heavy atom. The minimum absolute atomic E-state index is 0.0215. The van der Waals surface area contributed by atoms with Crippen LogP contribution < -0.4 is 23.8 Å². The zero-order valence-electron chi connectivity index (χ0n) is 18.4. The minimum atomic E-state index is -3.89. The maximum absolute atomic E-state index is 12.9. The molecule has 168 valence electrons. The molecule has 0 aliphatic carbocycles. The number of hydrogen-bond donors (Lipinski definition) is 1. The second kappa shape index (κ2) is 8.66. The Balaban J connectivity index is 1.94. The largest absolute Gasteiger partial charge is 0.493 e. The van der Waals surface area contributed by atoms with Crippen LogP contribution in [0, 0.1) is 5.41 Å². The number of benzene rings is 2. The molecule has 8 nitrogen and oxygen atoms in total. The molecule has 0 aromatic heterocycles. The van der Waals surface area contributed by atoms with Gasteiger partial charge in [-0.15, -0.1) is 0 Å². The fraction of sp³-hybridized carbons (Fsp3) is 0.409. The van der Waals surface area contributed by atoms with E-state index >= 15 is 0 Å². The van der Waals surface area contributed by atoms with E-state index in [2.05, 4.69) is 4.72 Å². The predicted octanol–water partition coefficient (Wildman–Crippen LogP) is 3.67. The Bertz CT molecular complexity index is 1080. The van der Waals surface area contributed by atoms with Gasteiger partial charge < -0.3 is 19.1 Å². The zero-order chi connectivity index (χ0) is 22.8. The molecule has 1 aliphatic rings. The van der Waals surface area contributed by atoms with Crippen LogP contribution in [0.15, 0.2) is 41.3 Å². The third kappa shape index (κ3) is 4.56. The maximum Gasteiger partial charge on any atom is 0.262 e. The van der Waals surface area contributed by atoms with Crippen molar-refractivity contribution in [2.45, 2.75) is 32.1 Å². The quantitative estimate of drug-likeness (QED) is 0.695. The summed E-state index contributed by atoms with van der Waals surface area (Å²) in [6.45, 7) is 6.42. The lowest BCUT2D eigenvalue weighted by molar-refractivity contribution is -0.127. The number of nitrogens with one attached hydrogen (secondary N) is 1. The molecule has 0 saturated heterocycles. The van der Waals surface area contributed by atoms with Crippen LogP contribution in [0.3, 0.4) is 0 Å². The maximum atomic E-state index is 12.9. The van der Waals surface area contributed by atoms with Gasteiger partial charge >= 0.3 is 0 Å². The third-order valence-corrected chi connectivity index (χ3v) is 6.41. The number of hydrogen-bond acceptors (Lipinski definition) is 6. The predicted molar refractivity (Wildman–Crippen MR) is 119 cm³/mol. The van der Waals surface area contributed by atoms with Crippen molar-refractivity contribution in [2.24, 2.45) is 5.41 Å². The van der Waals surface area contributed by atoms with Gasteiger partial charge in [0.05, 0.1) is 35.9 Å². The summed E-state index contributed by atoms with van der Waals surface area (Å²) in [6.07, 6.45) is 0.787. The first-order chi connectivity index (χ1) is 14.6. The van der Waals surface area contributed by atoms with E-state index < -0.39 is 15.4 Å². The van der Waals surface area contributed by atoms with Gasteiger partial charge in [-0.05, 0) is 44.5 Å². The van der Waals surface area contributed by atoms with Crippen molar-refractivity contribution in [1.29, 1.82) is 0 Å². The van der Waals surface area contributed by atoms with Crippen molar-refractivity contribution in [3.05, 3.63) is 36.4 Å². The van der Waals surface area contributed by atoms with Gasteiger partial charge in [-0.25, -0.2) is 8.42 Å². The molecule has 1 aliphatic heterocycles. The number of methoxy groups -OCH3 is 2. The number of nitrogens with zero attached hydrogens (tertiary/aromatic N) is 1. The van der Waals surface area contributed by atoms with E-state index in [4.69, 9.17) is 14.2 Å². The van der Waals surface area contributed by atoms with E-state index in [1.54, 1.807) is 23.1 Å². The SMILES string of the molecule is CCCN1C(=O)C(C)(C)COc2cc(NS(=O)(=O)c3ccc(OC)c(OC)c3)ccc21. The van der Waals surface area contributed by atoms with Crippen LogP contribution >= 0.6 is 0 Å². The number of amides is 1.